The maximum Gasteiger partial charge on any atom is 0.416 e. The van der Waals surface area contributed by atoms with Gasteiger partial charge in [-0.3, -0.25) is 0 Å². The SMILES string of the molecule is C[C@H](Cc1cn(C(=O)O)cn1)NC1CCCC1[C@@H]1S[C@H](CO)[C@H](O)[C@H](O)[C@H]1O. The van der Waals surface area contributed by atoms with Gasteiger partial charge in [0, 0.05) is 30.0 Å². The van der Waals surface area contributed by atoms with Crippen molar-refractivity contribution in [3.05, 3.63) is 18.2 Å². The molecule has 1 aliphatic carbocycles. The highest BCUT2D eigenvalue weighted by molar-refractivity contribution is 8.00. The molecule has 8 atom stereocenters. The molecule has 1 aromatic heterocycles. The second-order valence-electron chi connectivity index (χ2n) is 7.82. The average Bonchev–Trinajstić information content (AvgIpc) is 3.30. The van der Waals surface area contributed by atoms with E-state index in [1.54, 1.807) is 0 Å². The number of aliphatic hydroxyl groups is 4. The molecule has 6 N–H and O–H groups in total. The molecule has 2 heterocycles. The third kappa shape index (κ3) is 4.52. The second-order valence-corrected chi connectivity index (χ2v) is 9.24. The normalized spacial score (nSPS) is 37.1. The summed E-state index contributed by atoms with van der Waals surface area (Å²) in [6.45, 7) is 1.76. The molecule has 9 nitrogen and oxygen atoms in total. The Morgan fingerprint density at radius 2 is 2.07 bits per heavy atom. The van der Waals surface area contributed by atoms with E-state index in [1.807, 2.05) is 6.92 Å². The zero-order valence-electron chi connectivity index (χ0n) is 15.8. The molecule has 0 radical (unpaired) electrons. The van der Waals surface area contributed by atoms with E-state index in [1.165, 1.54) is 24.3 Å². The van der Waals surface area contributed by atoms with Crippen LogP contribution in [0.2, 0.25) is 0 Å². The number of rotatable bonds is 6. The van der Waals surface area contributed by atoms with E-state index in [0.717, 1.165) is 23.8 Å². The summed E-state index contributed by atoms with van der Waals surface area (Å²) >= 11 is 1.36. The molecule has 1 aromatic rings. The van der Waals surface area contributed by atoms with Gasteiger partial charge in [-0.05, 0) is 25.7 Å². The van der Waals surface area contributed by atoms with Gasteiger partial charge in [-0.25, -0.2) is 14.3 Å². The predicted molar refractivity (Wildman–Crippen MR) is 103 cm³/mol. The van der Waals surface area contributed by atoms with E-state index in [0.29, 0.717) is 12.1 Å². The van der Waals surface area contributed by atoms with Crippen molar-refractivity contribution in [3.63, 3.8) is 0 Å². The van der Waals surface area contributed by atoms with Gasteiger partial charge in [0.05, 0.1) is 29.8 Å². The number of imidazole rings is 1. The first-order chi connectivity index (χ1) is 13.3. The van der Waals surface area contributed by atoms with E-state index in [2.05, 4.69) is 10.3 Å². The third-order valence-corrected chi connectivity index (χ3v) is 7.51. The number of thioether (sulfide) groups is 1. The van der Waals surface area contributed by atoms with Crippen LogP contribution < -0.4 is 5.32 Å². The van der Waals surface area contributed by atoms with Gasteiger partial charge >= 0.3 is 6.09 Å². The third-order valence-electron chi connectivity index (χ3n) is 5.79. The number of carbonyl (C=O) groups is 1. The van der Waals surface area contributed by atoms with Gasteiger partial charge in [0.25, 0.3) is 0 Å². The Balaban J connectivity index is 1.62. The molecule has 0 aromatic carbocycles. The van der Waals surface area contributed by atoms with Crippen LogP contribution in [0.1, 0.15) is 31.9 Å². The summed E-state index contributed by atoms with van der Waals surface area (Å²) < 4.78 is 1.02. The largest absolute Gasteiger partial charge is 0.464 e. The van der Waals surface area contributed by atoms with E-state index in [9.17, 15) is 25.2 Å². The molecule has 28 heavy (non-hydrogen) atoms. The number of nitrogens with zero attached hydrogens (tertiary/aromatic N) is 2. The molecule has 1 aliphatic heterocycles. The van der Waals surface area contributed by atoms with E-state index < -0.39 is 29.7 Å². The molecular formula is C18H29N3O6S. The first-order valence-corrected chi connectivity index (χ1v) is 10.6. The quantitative estimate of drug-likeness (QED) is 0.367. The average molecular weight is 416 g/mol. The topological polar surface area (TPSA) is 148 Å². The van der Waals surface area contributed by atoms with Crippen molar-refractivity contribution in [2.24, 2.45) is 5.92 Å². The fourth-order valence-corrected chi connectivity index (χ4v) is 6.05. The van der Waals surface area contributed by atoms with Gasteiger partial charge in [-0.15, -0.1) is 11.8 Å². The maximum atomic E-state index is 11.0. The maximum absolute atomic E-state index is 11.0. The van der Waals surface area contributed by atoms with E-state index >= 15 is 0 Å². The highest BCUT2D eigenvalue weighted by Crippen LogP contribution is 2.42. The standard InChI is InChI=1S/C18H29N3O6S/c1-9(5-10-6-21(8-19-10)18(26)27)20-12-4-2-3-11(12)17-16(25)15(24)14(23)13(7-22)28-17/h6,8-9,11-17,20,22-25H,2-5,7H2,1H3,(H,26,27)/t9-,11?,12?,13-,14+,15+,16-,17+/m1/s1. The van der Waals surface area contributed by atoms with Crippen molar-refractivity contribution in [2.75, 3.05) is 6.61 Å². The minimum Gasteiger partial charge on any atom is -0.464 e. The Morgan fingerprint density at radius 3 is 2.71 bits per heavy atom. The molecule has 0 amide bonds. The van der Waals surface area contributed by atoms with Gasteiger partial charge in [-0.2, -0.15) is 0 Å². The predicted octanol–water partition coefficient (Wildman–Crippen LogP) is -0.342. The molecule has 3 rings (SSSR count). The van der Waals surface area contributed by atoms with Crippen LogP contribution in [0, 0.1) is 5.92 Å². The van der Waals surface area contributed by atoms with Crippen LogP contribution in [-0.2, 0) is 6.42 Å². The van der Waals surface area contributed by atoms with Crippen LogP contribution in [0.25, 0.3) is 0 Å². The Labute approximate surface area is 167 Å². The van der Waals surface area contributed by atoms with Crippen molar-refractivity contribution in [1.29, 1.82) is 0 Å². The van der Waals surface area contributed by atoms with Gasteiger partial charge in [0.2, 0.25) is 0 Å². The smallest absolute Gasteiger partial charge is 0.416 e. The lowest BCUT2D eigenvalue weighted by Gasteiger charge is -2.43. The Bertz CT molecular complexity index is 672. The van der Waals surface area contributed by atoms with Crippen LogP contribution in [0.5, 0.6) is 0 Å². The molecule has 1 saturated heterocycles. The molecule has 10 heteroatoms. The number of aromatic nitrogens is 2. The molecule has 158 valence electrons. The van der Waals surface area contributed by atoms with Crippen LogP contribution in [0.3, 0.4) is 0 Å². The van der Waals surface area contributed by atoms with Crippen molar-refractivity contribution in [3.8, 4) is 0 Å². The lowest BCUT2D eigenvalue weighted by molar-refractivity contribution is -0.0753. The highest BCUT2D eigenvalue weighted by atomic mass is 32.2. The Kier molecular flexibility index (Phi) is 7.00. The molecule has 0 spiro atoms. The highest BCUT2D eigenvalue weighted by Gasteiger charge is 2.48. The number of aliphatic hydroxyl groups excluding tert-OH is 4. The van der Waals surface area contributed by atoms with Crippen molar-refractivity contribution >= 4 is 17.9 Å². The van der Waals surface area contributed by atoms with Crippen molar-refractivity contribution in [2.45, 2.75) is 73.5 Å². The van der Waals surface area contributed by atoms with Gasteiger partial charge in [0.1, 0.15) is 12.4 Å². The lowest BCUT2D eigenvalue weighted by Crippen LogP contribution is -2.57. The summed E-state index contributed by atoms with van der Waals surface area (Å²) in [6, 6.07) is 0.183. The van der Waals surface area contributed by atoms with Gasteiger partial charge in [0.15, 0.2) is 0 Å². The lowest BCUT2D eigenvalue weighted by atomic mass is 9.89. The molecular weight excluding hydrogens is 386 g/mol. The number of carboxylic acid groups (broad SMARTS) is 1. The summed E-state index contributed by atoms with van der Waals surface area (Å²) in [7, 11) is 0. The molecule has 0 bridgehead atoms. The van der Waals surface area contributed by atoms with Crippen LogP contribution in [0.15, 0.2) is 12.5 Å². The number of hydrogen-bond donors (Lipinski definition) is 6. The first kappa shape index (κ1) is 21.5. The first-order valence-electron chi connectivity index (χ1n) is 9.64. The van der Waals surface area contributed by atoms with Crippen LogP contribution >= 0.6 is 11.8 Å². The van der Waals surface area contributed by atoms with Crippen LogP contribution in [-0.4, -0.2) is 88.7 Å². The monoisotopic (exact) mass is 415 g/mol. The minimum absolute atomic E-state index is 0.0534. The van der Waals surface area contributed by atoms with E-state index in [-0.39, 0.29) is 29.9 Å². The van der Waals surface area contributed by atoms with E-state index in [4.69, 9.17) is 5.11 Å². The minimum atomic E-state index is -1.26. The fraction of sp³-hybridized carbons (Fsp3) is 0.778. The summed E-state index contributed by atoms with van der Waals surface area (Å²) in [4.78, 5) is 15.1. The fourth-order valence-electron chi connectivity index (χ4n) is 4.38. The summed E-state index contributed by atoms with van der Waals surface area (Å²) in [5, 5.41) is 52.0. The summed E-state index contributed by atoms with van der Waals surface area (Å²) in [5.74, 6) is 0.107. The zero-order valence-corrected chi connectivity index (χ0v) is 16.6. The van der Waals surface area contributed by atoms with Crippen molar-refractivity contribution in [1.82, 2.24) is 14.9 Å². The Morgan fingerprint density at radius 1 is 1.32 bits per heavy atom. The number of hydrogen-bond acceptors (Lipinski definition) is 8. The molecule has 2 aliphatic rings. The van der Waals surface area contributed by atoms with Crippen molar-refractivity contribution < 1.29 is 30.3 Å². The molecule has 1 saturated carbocycles. The van der Waals surface area contributed by atoms with Gasteiger partial charge in [-0.1, -0.05) is 6.42 Å². The van der Waals surface area contributed by atoms with Gasteiger partial charge < -0.3 is 30.8 Å². The Hall–Kier alpha value is -1.17. The molecule has 2 unspecified atom stereocenters. The summed E-state index contributed by atoms with van der Waals surface area (Å²) in [5.41, 5.74) is 0.683. The summed E-state index contributed by atoms with van der Waals surface area (Å²) in [6.07, 6.45) is 1.66. The zero-order chi connectivity index (χ0) is 20.4. The second kappa shape index (κ2) is 9.10. The molecule has 2 fully saturated rings. The number of nitrogens with one attached hydrogen (secondary N) is 1. The van der Waals surface area contributed by atoms with Crippen LogP contribution in [0.4, 0.5) is 4.79 Å².